The van der Waals surface area contributed by atoms with Gasteiger partial charge in [0, 0.05) is 23.1 Å². The number of alkyl halides is 3. The number of allylic oxidation sites excluding steroid dienone is 1. The maximum atomic E-state index is 15.0. The molecule has 3 fully saturated rings. The van der Waals surface area contributed by atoms with Crippen molar-refractivity contribution in [3.63, 3.8) is 0 Å². The molecule has 58 heavy (non-hydrogen) atoms. The smallest absolute Gasteiger partial charge is 0.411 e. The first-order chi connectivity index (χ1) is 27.2. The number of hydrogen-bond donors (Lipinski definition) is 3. The third-order valence-electron chi connectivity index (χ3n) is 11.8. The standard InChI is InChI=1S/C40H52F3N5O9S/c1-6-17-56-31-21-44-34(29-14-10-9-13-28(29)31)57-26-19-30-33(49)45-39(36(51)46-58(54,55)27-15-16-27)20-25(39)12-8-7-11-23(2)18-24(3)32(35(50)47(30)22-26)48(37(52)53)38(4,5)40(41,42)43/h8-10,12-14,21,23-27,30,32H,6-7,11,15-20,22H2,1-5H3,(H,45,49)(H,46,51)(H,52,53)/t23-,24-,25-,26-,30+,32+,39-/m1/s1. The van der Waals surface area contributed by atoms with Crippen molar-refractivity contribution in [2.75, 3.05) is 13.2 Å². The molecule has 318 valence electrons. The molecule has 2 saturated carbocycles. The SMILES string of the molecule is CCCOc1cnc(O[C@@H]2C[C@H]3C(=O)N[C@]4(C(=O)NS(=O)(=O)C5CC5)C[C@H]4C=CCC[C@@H](C)C[C@@H](C)[C@H](N(C(=O)O)C(C)(C)C(F)(F)F)C(=O)N3C2)c2ccccc12. The average Bonchev–Trinajstić information content (AvgIpc) is 4.07. The number of rotatable bonds is 10. The summed E-state index contributed by atoms with van der Waals surface area (Å²) in [7, 11) is -4.02. The molecule has 3 heterocycles. The summed E-state index contributed by atoms with van der Waals surface area (Å²) in [6.07, 6.45) is -0.475. The predicted octanol–water partition coefficient (Wildman–Crippen LogP) is 5.56. The Morgan fingerprint density at radius 2 is 1.79 bits per heavy atom. The van der Waals surface area contributed by atoms with E-state index in [-0.39, 0.29) is 42.5 Å². The molecule has 18 heteroatoms. The van der Waals surface area contributed by atoms with Gasteiger partial charge in [-0.15, -0.1) is 0 Å². The van der Waals surface area contributed by atoms with Gasteiger partial charge in [0.1, 0.15) is 35.0 Å². The number of benzene rings is 1. The molecule has 2 aliphatic carbocycles. The molecule has 4 amide bonds. The van der Waals surface area contributed by atoms with Crippen LogP contribution in [-0.2, 0) is 24.4 Å². The molecule has 6 rings (SSSR count). The van der Waals surface area contributed by atoms with Crippen molar-refractivity contribution in [1.29, 1.82) is 0 Å². The molecule has 2 aliphatic heterocycles. The lowest BCUT2D eigenvalue weighted by Gasteiger charge is -2.45. The van der Waals surface area contributed by atoms with E-state index in [9.17, 15) is 45.9 Å². The van der Waals surface area contributed by atoms with Gasteiger partial charge in [0.2, 0.25) is 27.7 Å². The number of carbonyl (C=O) groups is 4. The number of aromatic nitrogens is 1. The molecule has 0 radical (unpaired) electrons. The molecule has 0 bridgehead atoms. The molecule has 7 atom stereocenters. The highest BCUT2D eigenvalue weighted by atomic mass is 32.2. The van der Waals surface area contributed by atoms with E-state index in [0.29, 0.717) is 62.7 Å². The summed E-state index contributed by atoms with van der Waals surface area (Å²) in [6.45, 7) is 6.81. The summed E-state index contributed by atoms with van der Waals surface area (Å²) in [5.41, 5.74) is -4.73. The van der Waals surface area contributed by atoms with Crippen molar-refractivity contribution in [2.45, 2.75) is 127 Å². The summed E-state index contributed by atoms with van der Waals surface area (Å²) in [6, 6.07) is 3.78. The Hall–Kier alpha value is -4.61. The number of nitrogens with zero attached hydrogens (tertiary/aromatic N) is 3. The van der Waals surface area contributed by atoms with Crippen molar-refractivity contribution in [1.82, 2.24) is 24.8 Å². The number of sulfonamides is 1. The van der Waals surface area contributed by atoms with Gasteiger partial charge in [0.15, 0.2) is 0 Å². The van der Waals surface area contributed by atoms with E-state index in [4.69, 9.17) is 9.47 Å². The fourth-order valence-corrected chi connectivity index (χ4v) is 9.57. The molecule has 3 N–H and O–H groups in total. The summed E-state index contributed by atoms with van der Waals surface area (Å²) in [5, 5.41) is 13.7. The Labute approximate surface area is 335 Å². The van der Waals surface area contributed by atoms with Crippen LogP contribution >= 0.6 is 0 Å². The van der Waals surface area contributed by atoms with Crippen LogP contribution in [0.5, 0.6) is 11.6 Å². The Bertz CT molecular complexity index is 2060. The quantitative estimate of drug-likeness (QED) is 0.256. The number of halogens is 3. The average molecular weight is 836 g/mol. The van der Waals surface area contributed by atoms with Crippen molar-refractivity contribution in [2.24, 2.45) is 17.8 Å². The van der Waals surface area contributed by atoms with Gasteiger partial charge in [-0.1, -0.05) is 51.1 Å². The number of nitrogens with one attached hydrogen (secondary N) is 2. The van der Waals surface area contributed by atoms with Crippen LogP contribution in [0, 0.1) is 17.8 Å². The second kappa shape index (κ2) is 16.2. The Kier molecular flexibility index (Phi) is 12.0. The third-order valence-corrected chi connectivity index (χ3v) is 13.6. The van der Waals surface area contributed by atoms with Crippen LogP contribution in [0.2, 0.25) is 0 Å². The van der Waals surface area contributed by atoms with Crippen molar-refractivity contribution in [3.8, 4) is 11.6 Å². The summed E-state index contributed by atoms with van der Waals surface area (Å²) in [5.74, 6) is -3.92. The number of amides is 4. The zero-order chi connectivity index (χ0) is 42.4. The second-order valence-electron chi connectivity index (χ2n) is 16.7. The van der Waals surface area contributed by atoms with Gasteiger partial charge in [-0.05, 0) is 76.7 Å². The molecular weight excluding hydrogens is 784 g/mol. The molecule has 1 aromatic carbocycles. The van der Waals surface area contributed by atoms with E-state index in [1.54, 1.807) is 24.3 Å². The summed E-state index contributed by atoms with van der Waals surface area (Å²) < 4.78 is 84.3. The largest absolute Gasteiger partial charge is 0.491 e. The number of pyridine rings is 1. The highest BCUT2D eigenvalue weighted by Crippen LogP contribution is 2.47. The first kappa shape index (κ1) is 43.0. The lowest BCUT2D eigenvalue weighted by molar-refractivity contribution is -0.222. The number of carboxylic acid groups (broad SMARTS) is 1. The molecule has 1 aromatic heterocycles. The Morgan fingerprint density at radius 1 is 1.10 bits per heavy atom. The van der Waals surface area contributed by atoms with Crippen LogP contribution in [0.4, 0.5) is 18.0 Å². The van der Waals surface area contributed by atoms with Crippen molar-refractivity contribution < 1.29 is 55.3 Å². The number of hydrogen-bond acceptors (Lipinski definition) is 9. The van der Waals surface area contributed by atoms with E-state index in [2.05, 4.69) is 15.0 Å². The maximum absolute atomic E-state index is 15.0. The highest BCUT2D eigenvalue weighted by Gasteiger charge is 2.63. The van der Waals surface area contributed by atoms with E-state index < -0.39 is 86.4 Å². The van der Waals surface area contributed by atoms with E-state index in [1.165, 1.54) is 13.1 Å². The maximum Gasteiger partial charge on any atom is 0.411 e. The molecular formula is C40H52F3N5O9S. The molecule has 1 saturated heterocycles. The normalized spacial score (nSPS) is 28.4. The Morgan fingerprint density at radius 3 is 2.43 bits per heavy atom. The molecule has 0 spiro atoms. The van der Waals surface area contributed by atoms with Gasteiger partial charge in [-0.3, -0.25) is 24.0 Å². The second-order valence-corrected chi connectivity index (χ2v) is 18.7. The minimum atomic E-state index is -5.09. The monoisotopic (exact) mass is 835 g/mol. The lowest BCUT2D eigenvalue weighted by atomic mass is 9.85. The number of fused-ring (bicyclic) bond motifs is 3. The van der Waals surface area contributed by atoms with Crippen LogP contribution in [0.3, 0.4) is 0 Å². The minimum Gasteiger partial charge on any atom is -0.491 e. The zero-order valence-corrected chi connectivity index (χ0v) is 34.1. The van der Waals surface area contributed by atoms with Crippen LogP contribution in [-0.4, -0.2) is 106 Å². The Balaban J connectivity index is 1.42. The fraction of sp³-hybridized carbons (Fsp3) is 0.625. The van der Waals surface area contributed by atoms with Gasteiger partial charge in [-0.2, -0.15) is 13.2 Å². The van der Waals surface area contributed by atoms with Gasteiger partial charge in [-0.25, -0.2) is 18.2 Å². The molecule has 2 aromatic rings. The van der Waals surface area contributed by atoms with Crippen molar-refractivity contribution >= 4 is 44.6 Å². The molecule has 14 nitrogen and oxygen atoms in total. The first-order valence-corrected chi connectivity index (χ1v) is 21.4. The number of ether oxygens (including phenoxy) is 2. The fourth-order valence-electron chi connectivity index (χ4n) is 8.20. The van der Waals surface area contributed by atoms with Gasteiger partial charge < -0.3 is 24.8 Å². The lowest BCUT2D eigenvalue weighted by Crippen LogP contribution is -2.66. The van der Waals surface area contributed by atoms with Gasteiger partial charge >= 0.3 is 12.3 Å². The predicted molar refractivity (Wildman–Crippen MR) is 206 cm³/mol. The highest BCUT2D eigenvalue weighted by molar-refractivity contribution is 7.91. The van der Waals surface area contributed by atoms with Crippen LogP contribution in [0.25, 0.3) is 10.8 Å². The van der Waals surface area contributed by atoms with Crippen LogP contribution in [0.1, 0.15) is 86.0 Å². The number of carbonyl (C=O) groups excluding carboxylic acids is 3. The minimum absolute atomic E-state index is 0.0615. The molecule has 4 aliphatic rings. The third kappa shape index (κ3) is 8.57. The van der Waals surface area contributed by atoms with Gasteiger partial charge in [0.25, 0.3) is 5.91 Å². The summed E-state index contributed by atoms with van der Waals surface area (Å²) in [4.78, 5) is 61.9. The van der Waals surface area contributed by atoms with Crippen molar-refractivity contribution in [3.05, 3.63) is 42.6 Å². The molecule has 0 unspecified atom stereocenters. The van der Waals surface area contributed by atoms with Crippen LogP contribution in [0.15, 0.2) is 42.6 Å². The topological polar surface area (TPSA) is 185 Å². The first-order valence-electron chi connectivity index (χ1n) is 19.8. The van der Waals surface area contributed by atoms with Crippen LogP contribution < -0.4 is 19.5 Å². The van der Waals surface area contributed by atoms with Gasteiger partial charge in [0.05, 0.1) is 24.6 Å². The summed E-state index contributed by atoms with van der Waals surface area (Å²) >= 11 is 0. The zero-order valence-electron chi connectivity index (χ0n) is 33.3. The van der Waals surface area contributed by atoms with E-state index in [1.807, 2.05) is 26.0 Å². The van der Waals surface area contributed by atoms with E-state index in [0.717, 1.165) is 11.3 Å². The van der Waals surface area contributed by atoms with E-state index >= 15 is 0 Å².